The van der Waals surface area contributed by atoms with Gasteiger partial charge < -0.3 is 5.73 Å². The normalized spacial score (nSPS) is 11.4. The molecule has 0 spiro atoms. The van der Waals surface area contributed by atoms with Gasteiger partial charge in [0.05, 0.1) is 16.4 Å². The summed E-state index contributed by atoms with van der Waals surface area (Å²) in [4.78, 5) is 4.42. The van der Waals surface area contributed by atoms with Crippen LogP contribution in [0.4, 0.5) is 5.95 Å². The summed E-state index contributed by atoms with van der Waals surface area (Å²) in [5.41, 5.74) is 9.47. The Morgan fingerprint density at radius 1 is 1.40 bits per heavy atom. The van der Waals surface area contributed by atoms with Gasteiger partial charge in [0.2, 0.25) is 5.95 Å². The van der Waals surface area contributed by atoms with Crippen LogP contribution in [0.15, 0.2) is 18.2 Å². The SMILES string of the molecule is CCn1nc(C)c2nc(N)n(-c3ccc(I)cc3Cl)c21. The van der Waals surface area contributed by atoms with Crippen LogP contribution in [-0.2, 0) is 6.54 Å². The molecule has 5 nitrogen and oxygen atoms in total. The number of nitrogens with zero attached hydrogens (tertiary/aromatic N) is 4. The van der Waals surface area contributed by atoms with Gasteiger partial charge in [0, 0.05) is 10.1 Å². The highest BCUT2D eigenvalue weighted by Gasteiger charge is 2.19. The quantitative estimate of drug-likeness (QED) is 0.670. The van der Waals surface area contributed by atoms with E-state index >= 15 is 0 Å². The Hall–Kier alpha value is -1.28. The molecule has 0 bridgehead atoms. The summed E-state index contributed by atoms with van der Waals surface area (Å²) in [6.07, 6.45) is 0. The van der Waals surface area contributed by atoms with Gasteiger partial charge >= 0.3 is 0 Å². The summed E-state index contributed by atoms with van der Waals surface area (Å²) in [6.45, 7) is 4.72. The van der Waals surface area contributed by atoms with Crippen molar-refractivity contribution in [2.45, 2.75) is 20.4 Å². The number of hydrogen-bond acceptors (Lipinski definition) is 3. The first-order valence-corrected chi connectivity index (χ1v) is 7.65. The third-order valence-electron chi connectivity index (χ3n) is 3.19. The molecule has 3 rings (SSSR count). The zero-order chi connectivity index (χ0) is 14.4. The number of aromatic nitrogens is 4. The van der Waals surface area contributed by atoms with Gasteiger partial charge in [-0.3, -0.25) is 4.57 Å². The summed E-state index contributed by atoms with van der Waals surface area (Å²) in [5.74, 6) is 0.422. The molecule has 20 heavy (non-hydrogen) atoms. The fourth-order valence-electron chi connectivity index (χ4n) is 2.31. The van der Waals surface area contributed by atoms with E-state index in [1.54, 1.807) is 0 Å². The molecule has 2 heterocycles. The van der Waals surface area contributed by atoms with Crippen LogP contribution in [0, 0.1) is 10.5 Å². The van der Waals surface area contributed by atoms with Crippen molar-refractivity contribution < 1.29 is 0 Å². The summed E-state index contributed by atoms with van der Waals surface area (Å²) >= 11 is 8.58. The highest BCUT2D eigenvalue weighted by Crippen LogP contribution is 2.30. The van der Waals surface area contributed by atoms with Crippen molar-refractivity contribution in [3.05, 3.63) is 32.5 Å². The van der Waals surface area contributed by atoms with E-state index in [4.69, 9.17) is 17.3 Å². The van der Waals surface area contributed by atoms with Crippen LogP contribution in [0.25, 0.3) is 16.9 Å². The van der Waals surface area contributed by atoms with Gasteiger partial charge in [-0.05, 0) is 54.6 Å². The lowest BCUT2D eigenvalue weighted by molar-refractivity contribution is 0.663. The van der Waals surface area contributed by atoms with Crippen molar-refractivity contribution in [3.8, 4) is 5.69 Å². The molecule has 0 radical (unpaired) electrons. The van der Waals surface area contributed by atoms with Crippen molar-refractivity contribution in [2.75, 3.05) is 5.73 Å². The molecule has 0 amide bonds. The van der Waals surface area contributed by atoms with Crippen LogP contribution < -0.4 is 5.73 Å². The number of fused-ring (bicyclic) bond motifs is 1. The maximum Gasteiger partial charge on any atom is 0.207 e. The number of nitrogens with two attached hydrogens (primary N) is 1. The zero-order valence-electron chi connectivity index (χ0n) is 11.1. The van der Waals surface area contributed by atoms with Crippen molar-refractivity contribution in [3.63, 3.8) is 0 Å². The number of aryl methyl sites for hydroxylation is 2. The van der Waals surface area contributed by atoms with Crippen molar-refractivity contribution in [2.24, 2.45) is 0 Å². The minimum absolute atomic E-state index is 0.422. The second-order valence-corrected chi connectivity index (χ2v) is 6.13. The van der Waals surface area contributed by atoms with E-state index in [-0.39, 0.29) is 0 Å². The van der Waals surface area contributed by atoms with Gasteiger partial charge in [0.1, 0.15) is 5.52 Å². The average Bonchev–Trinajstić information content (AvgIpc) is 2.88. The average molecular weight is 402 g/mol. The lowest BCUT2D eigenvalue weighted by Crippen LogP contribution is -2.07. The first-order chi connectivity index (χ1) is 9.52. The standard InChI is InChI=1S/C13H13ClIN5/c1-3-19-12-11(7(2)18-19)17-13(16)20(12)10-5-4-8(15)6-9(10)14/h4-6H,3H2,1-2H3,(H2,16,17). The summed E-state index contributed by atoms with van der Waals surface area (Å²) in [7, 11) is 0. The number of nitrogen functional groups attached to an aromatic ring is 1. The Bertz CT molecular complexity index is 805. The number of hydrogen-bond donors (Lipinski definition) is 1. The largest absolute Gasteiger partial charge is 0.369 e. The Balaban J connectivity index is 2.38. The third kappa shape index (κ3) is 1.98. The first kappa shape index (κ1) is 13.7. The predicted molar refractivity (Wildman–Crippen MR) is 89.4 cm³/mol. The third-order valence-corrected chi connectivity index (χ3v) is 4.16. The highest BCUT2D eigenvalue weighted by atomic mass is 127. The van der Waals surface area contributed by atoms with Crippen LogP contribution in [0.2, 0.25) is 5.02 Å². The molecule has 0 aliphatic heterocycles. The van der Waals surface area contributed by atoms with Crippen LogP contribution in [0.3, 0.4) is 0 Å². The zero-order valence-corrected chi connectivity index (χ0v) is 14.0. The molecule has 3 aromatic rings. The van der Waals surface area contributed by atoms with Crippen molar-refractivity contribution in [1.29, 1.82) is 0 Å². The predicted octanol–water partition coefficient (Wildman–Crippen LogP) is 3.39. The van der Waals surface area contributed by atoms with Crippen molar-refractivity contribution in [1.82, 2.24) is 19.3 Å². The lowest BCUT2D eigenvalue weighted by atomic mass is 10.3. The van der Waals surface area contributed by atoms with Gasteiger partial charge in [-0.1, -0.05) is 11.6 Å². The van der Waals surface area contributed by atoms with Gasteiger partial charge in [-0.2, -0.15) is 5.10 Å². The van der Waals surface area contributed by atoms with E-state index in [9.17, 15) is 0 Å². The number of halogens is 2. The molecule has 0 aliphatic carbocycles. The summed E-state index contributed by atoms with van der Waals surface area (Å²) in [6, 6.07) is 5.85. The topological polar surface area (TPSA) is 61.7 Å². The van der Waals surface area contributed by atoms with Gasteiger partial charge in [0.25, 0.3) is 0 Å². The van der Waals surface area contributed by atoms with E-state index < -0.39 is 0 Å². The molecule has 2 aromatic heterocycles. The van der Waals surface area contributed by atoms with Crippen LogP contribution in [-0.4, -0.2) is 19.3 Å². The molecule has 1 aromatic carbocycles. The Kier molecular flexibility index (Phi) is 3.37. The van der Waals surface area contributed by atoms with E-state index in [1.165, 1.54) is 0 Å². The fraction of sp³-hybridized carbons (Fsp3) is 0.231. The van der Waals surface area contributed by atoms with Gasteiger partial charge in [0.15, 0.2) is 5.65 Å². The molecular weight excluding hydrogens is 389 g/mol. The van der Waals surface area contributed by atoms with Crippen molar-refractivity contribution >= 4 is 51.3 Å². The molecule has 0 aliphatic rings. The molecule has 0 atom stereocenters. The number of anilines is 1. The Morgan fingerprint density at radius 3 is 2.80 bits per heavy atom. The van der Waals surface area contributed by atoms with E-state index in [0.29, 0.717) is 11.0 Å². The Labute approximate surface area is 134 Å². The molecule has 0 fully saturated rings. The first-order valence-electron chi connectivity index (χ1n) is 6.19. The molecule has 0 saturated heterocycles. The fourth-order valence-corrected chi connectivity index (χ4v) is 3.25. The van der Waals surface area contributed by atoms with E-state index in [1.807, 2.05) is 41.3 Å². The molecule has 0 saturated carbocycles. The summed E-state index contributed by atoms with van der Waals surface area (Å²) in [5, 5.41) is 5.12. The highest BCUT2D eigenvalue weighted by molar-refractivity contribution is 14.1. The molecule has 7 heteroatoms. The van der Waals surface area contributed by atoms with Crippen LogP contribution in [0.5, 0.6) is 0 Å². The van der Waals surface area contributed by atoms with Crippen LogP contribution in [0.1, 0.15) is 12.6 Å². The minimum atomic E-state index is 0.422. The molecule has 104 valence electrons. The molecular formula is C13H13ClIN5. The number of benzene rings is 1. The molecule has 0 unspecified atom stereocenters. The van der Waals surface area contributed by atoms with Crippen LogP contribution >= 0.6 is 34.2 Å². The maximum absolute atomic E-state index is 6.36. The maximum atomic E-state index is 6.36. The lowest BCUT2D eigenvalue weighted by Gasteiger charge is -2.10. The Morgan fingerprint density at radius 2 is 2.15 bits per heavy atom. The second-order valence-electron chi connectivity index (χ2n) is 4.47. The second kappa shape index (κ2) is 4.92. The number of rotatable bonds is 2. The van der Waals surface area contributed by atoms with E-state index in [2.05, 4.69) is 32.7 Å². The van der Waals surface area contributed by atoms with Gasteiger partial charge in [-0.25, -0.2) is 9.67 Å². The number of imidazole rings is 1. The van der Waals surface area contributed by atoms with E-state index in [0.717, 1.165) is 32.7 Å². The molecule has 2 N–H and O–H groups in total. The van der Waals surface area contributed by atoms with Gasteiger partial charge in [-0.15, -0.1) is 0 Å². The summed E-state index contributed by atoms with van der Waals surface area (Å²) < 4.78 is 4.82. The monoisotopic (exact) mass is 401 g/mol. The smallest absolute Gasteiger partial charge is 0.207 e. The minimum Gasteiger partial charge on any atom is -0.369 e.